The molecule has 2 aromatic carbocycles. The Bertz CT molecular complexity index is 1030. The van der Waals surface area contributed by atoms with Gasteiger partial charge in [0.2, 0.25) is 0 Å². The third-order valence-electron chi connectivity index (χ3n) is 3.73. The van der Waals surface area contributed by atoms with E-state index in [-0.39, 0.29) is 5.56 Å². The molecule has 2 aromatic heterocycles. The van der Waals surface area contributed by atoms with Crippen LogP contribution in [0.15, 0.2) is 42.5 Å². The van der Waals surface area contributed by atoms with Gasteiger partial charge < -0.3 is 9.67 Å². The number of carboxylic acids is 1. The van der Waals surface area contributed by atoms with Crippen LogP contribution >= 0.6 is 0 Å². The molecule has 0 aliphatic rings. The molecule has 0 bridgehead atoms. The molecule has 2 heterocycles. The maximum atomic E-state index is 11.1. The average Bonchev–Trinajstić information content (AvgIpc) is 2.78. The number of carboxylic acid groups (broad SMARTS) is 1. The quantitative estimate of drug-likeness (QED) is 0.580. The molecule has 0 unspecified atom stereocenters. The van der Waals surface area contributed by atoms with E-state index in [2.05, 4.69) is 9.97 Å². The molecule has 102 valence electrons. The molecule has 0 atom stereocenters. The molecular weight excluding hydrogens is 266 g/mol. The smallest absolute Gasteiger partial charge is 0.335 e. The van der Waals surface area contributed by atoms with Crippen LogP contribution in [-0.2, 0) is 7.05 Å². The number of hydrogen-bond donors (Lipinski definition) is 1. The van der Waals surface area contributed by atoms with Crippen LogP contribution in [0.25, 0.3) is 33.1 Å². The van der Waals surface area contributed by atoms with Gasteiger partial charge in [-0.05, 0) is 24.3 Å². The molecule has 0 fully saturated rings. The lowest BCUT2D eigenvalue weighted by Gasteiger charge is -2.01. The Morgan fingerprint density at radius 2 is 1.90 bits per heavy atom. The lowest BCUT2D eigenvalue weighted by molar-refractivity contribution is 0.0697. The molecule has 0 aliphatic carbocycles. The zero-order valence-electron chi connectivity index (χ0n) is 11.2. The van der Waals surface area contributed by atoms with Crippen molar-refractivity contribution in [1.29, 1.82) is 0 Å². The van der Waals surface area contributed by atoms with Gasteiger partial charge in [0.1, 0.15) is 5.52 Å². The summed E-state index contributed by atoms with van der Waals surface area (Å²) in [7, 11) is 1.96. The summed E-state index contributed by atoms with van der Waals surface area (Å²) in [6.45, 7) is 0. The highest BCUT2D eigenvalue weighted by molar-refractivity contribution is 6.06. The van der Waals surface area contributed by atoms with Crippen LogP contribution in [0.2, 0.25) is 0 Å². The van der Waals surface area contributed by atoms with Crippen molar-refractivity contribution in [3.63, 3.8) is 0 Å². The summed E-state index contributed by atoms with van der Waals surface area (Å²) in [6, 6.07) is 12.8. The number of carbonyl (C=O) groups is 1. The Kier molecular flexibility index (Phi) is 2.27. The lowest BCUT2D eigenvalue weighted by Crippen LogP contribution is -1.97. The lowest BCUT2D eigenvalue weighted by atomic mass is 10.2. The minimum atomic E-state index is -0.961. The second kappa shape index (κ2) is 4.02. The van der Waals surface area contributed by atoms with Gasteiger partial charge in [-0.2, -0.15) is 0 Å². The Morgan fingerprint density at radius 1 is 1.10 bits per heavy atom. The highest BCUT2D eigenvalue weighted by Crippen LogP contribution is 2.27. The Morgan fingerprint density at radius 3 is 2.71 bits per heavy atom. The summed E-state index contributed by atoms with van der Waals surface area (Å²) >= 11 is 0. The van der Waals surface area contributed by atoms with Gasteiger partial charge in [-0.25, -0.2) is 14.8 Å². The van der Waals surface area contributed by atoms with E-state index in [4.69, 9.17) is 5.11 Å². The molecule has 0 amide bonds. The molecule has 0 spiro atoms. The fraction of sp³-hybridized carbons (Fsp3) is 0.0625. The first-order chi connectivity index (χ1) is 10.1. The number of aromatic carboxylic acids is 1. The second-order valence-corrected chi connectivity index (χ2v) is 4.98. The Labute approximate surface area is 119 Å². The van der Waals surface area contributed by atoms with Gasteiger partial charge in [0.25, 0.3) is 0 Å². The predicted molar refractivity (Wildman–Crippen MR) is 80.5 cm³/mol. The van der Waals surface area contributed by atoms with E-state index in [0.717, 1.165) is 22.1 Å². The monoisotopic (exact) mass is 277 g/mol. The Balaban J connectivity index is 2.17. The van der Waals surface area contributed by atoms with Gasteiger partial charge >= 0.3 is 5.97 Å². The van der Waals surface area contributed by atoms with Gasteiger partial charge in [-0.3, -0.25) is 0 Å². The number of para-hydroxylation sites is 1. The summed E-state index contributed by atoms with van der Waals surface area (Å²) in [5.41, 5.74) is 4.16. The zero-order chi connectivity index (χ0) is 14.6. The first-order valence-electron chi connectivity index (χ1n) is 6.53. The molecule has 1 N–H and O–H groups in total. The average molecular weight is 277 g/mol. The number of aromatic nitrogens is 3. The minimum absolute atomic E-state index is 0.219. The standard InChI is InChI=1S/C16H11N3O2/c1-19-13-5-3-2-4-10(13)14-15(19)18-11-7-6-9(16(20)21)8-12(11)17-14/h2-8H,1H3,(H,20,21). The molecule has 5 heteroatoms. The third-order valence-corrected chi connectivity index (χ3v) is 3.73. The molecule has 4 rings (SSSR count). The summed E-state index contributed by atoms with van der Waals surface area (Å²) < 4.78 is 2.00. The largest absolute Gasteiger partial charge is 0.478 e. The highest BCUT2D eigenvalue weighted by Gasteiger charge is 2.12. The first kappa shape index (κ1) is 11.8. The van der Waals surface area contributed by atoms with E-state index in [1.807, 2.05) is 35.9 Å². The summed E-state index contributed by atoms with van der Waals surface area (Å²) in [5.74, 6) is -0.961. The van der Waals surface area contributed by atoms with E-state index in [1.54, 1.807) is 18.2 Å². The minimum Gasteiger partial charge on any atom is -0.478 e. The van der Waals surface area contributed by atoms with Crippen LogP contribution in [-0.4, -0.2) is 25.6 Å². The van der Waals surface area contributed by atoms with Gasteiger partial charge in [0.05, 0.1) is 22.1 Å². The number of benzene rings is 2. The maximum absolute atomic E-state index is 11.1. The molecule has 21 heavy (non-hydrogen) atoms. The number of hydrogen-bond acceptors (Lipinski definition) is 3. The van der Waals surface area contributed by atoms with Crippen molar-refractivity contribution in [1.82, 2.24) is 14.5 Å². The molecule has 0 saturated heterocycles. The summed E-state index contributed by atoms with van der Waals surface area (Å²) in [5, 5.41) is 10.1. The first-order valence-corrected chi connectivity index (χ1v) is 6.53. The van der Waals surface area contributed by atoms with Crippen molar-refractivity contribution < 1.29 is 9.90 Å². The number of rotatable bonds is 1. The fourth-order valence-electron chi connectivity index (χ4n) is 2.67. The van der Waals surface area contributed by atoms with E-state index in [0.29, 0.717) is 11.0 Å². The van der Waals surface area contributed by atoms with Gasteiger partial charge in [0, 0.05) is 12.4 Å². The van der Waals surface area contributed by atoms with Crippen LogP contribution in [0.3, 0.4) is 0 Å². The van der Waals surface area contributed by atoms with Crippen molar-refractivity contribution in [2.75, 3.05) is 0 Å². The van der Waals surface area contributed by atoms with Gasteiger partial charge in [-0.15, -0.1) is 0 Å². The van der Waals surface area contributed by atoms with Crippen molar-refractivity contribution in [2.24, 2.45) is 7.05 Å². The Hall–Kier alpha value is -2.95. The highest BCUT2D eigenvalue weighted by atomic mass is 16.4. The molecule has 0 radical (unpaired) electrons. The van der Waals surface area contributed by atoms with Crippen molar-refractivity contribution >= 4 is 39.1 Å². The number of fused-ring (bicyclic) bond motifs is 4. The zero-order valence-corrected chi connectivity index (χ0v) is 11.2. The predicted octanol–water partition coefficient (Wildman–Crippen LogP) is 2.97. The summed E-state index contributed by atoms with van der Waals surface area (Å²) in [6.07, 6.45) is 0. The van der Waals surface area contributed by atoms with Gasteiger partial charge in [-0.1, -0.05) is 18.2 Å². The number of aryl methyl sites for hydroxylation is 1. The van der Waals surface area contributed by atoms with Crippen molar-refractivity contribution in [3.8, 4) is 0 Å². The molecule has 0 aliphatic heterocycles. The van der Waals surface area contributed by atoms with Gasteiger partial charge in [0.15, 0.2) is 5.65 Å². The topological polar surface area (TPSA) is 68.0 Å². The molecule has 5 nitrogen and oxygen atoms in total. The van der Waals surface area contributed by atoms with E-state index in [9.17, 15) is 4.79 Å². The molecule has 0 saturated carbocycles. The molecular formula is C16H11N3O2. The van der Waals surface area contributed by atoms with Crippen LogP contribution in [0, 0.1) is 0 Å². The van der Waals surface area contributed by atoms with Crippen LogP contribution < -0.4 is 0 Å². The summed E-state index contributed by atoms with van der Waals surface area (Å²) in [4.78, 5) is 20.3. The normalized spacial score (nSPS) is 11.5. The maximum Gasteiger partial charge on any atom is 0.335 e. The van der Waals surface area contributed by atoms with Crippen LogP contribution in [0.4, 0.5) is 0 Å². The van der Waals surface area contributed by atoms with Crippen molar-refractivity contribution in [2.45, 2.75) is 0 Å². The third kappa shape index (κ3) is 1.61. The number of nitrogens with zero attached hydrogens (tertiary/aromatic N) is 3. The second-order valence-electron chi connectivity index (χ2n) is 4.98. The van der Waals surface area contributed by atoms with Crippen LogP contribution in [0.5, 0.6) is 0 Å². The molecule has 4 aromatic rings. The van der Waals surface area contributed by atoms with Crippen molar-refractivity contribution in [3.05, 3.63) is 48.0 Å². The SMILES string of the molecule is Cn1c2ccccc2c2nc3cc(C(=O)O)ccc3nc21. The van der Waals surface area contributed by atoms with E-state index >= 15 is 0 Å². The van der Waals surface area contributed by atoms with Crippen LogP contribution in [0.1, 0.15) is 10.4 Å². The van der Waals surface area contributed by atoms with E-state index in [1.165, 1.54) is 0 Å². The fourth-order valence-corrected chi connectivity index (χ4v) is 2.67. The van der Waals surface area contributed by atoms with E-state index < -0.39 is 5.97 Å².